The summed E-state index contributed by atoms with van der Waals surface area (Å²) in [5.41, 5.74) is 3.62. The molecule has 3 aromatic rings. The molecule has 0 saturated carbocycles. The van der Waals surface area contributed by atoms with Crippen molar-refractivity contribution >= 4 is 57.1 Å². The Morgan fingerprint density at radius 2 is 1.55 bits per heavy atom. The van der Waals surface area contributed by atoms with Gasteiger partial charge in [0.1, 0.15) is 22.5 Å². The van der Waals surface area contributed by atoms with Crippen molar-refractivity contribution in [2.45, 2.75) is 91.0 Å². The van der Waals surface area contributed by atoms with E-state index in [4.69, 9.17) is 23.9 Å². The minimum Gasteiger partial charge on any atom is -0.505 e. The predicted molar refractivity (Wildman–Crippen MR) is 167 cm³/mol. The number of hydrogen-bond acceptors (Lipinski definition) is 6. The van der Waals surface area contributed by atoms with E-state index in [-0.39, 0.29) is 11.2 Å². The van der Waals surface area contributed by atoms with E-state index >= 15 is 0 Å². The van der Waals surface area contributed by atoms with Crippen LogP contribution in [0.25, 0.3) is 16.7 Å². The number of aryl methyl sites for hydroxylation is 1. The average molecular weight is 610 g/mol. The van der Waals surface area contributed by atoms with Crippen LogP contribution in [0.3, 0.4) is 0 Å². The maximum Gasteiger partial charge on any atom is 0.316 e. The summed E-state index contributed by atoms with van der Waals surface area (Å²) in [7, 11) is -7.93. The Hall–Kier alpha value is -1.32. The topological polar surface area (TPSA) is 78.6 Å². The molecular weight excluding hydrogens is 566 g/mol. The van der Waals surface area contributed by atoms with E-state index in [1.54, 1.807) is 12.1 Å². The molecule has 1 heterocycles. The lowest BCUT2D eigenvalue weighted by Crippen LogP contribution is -2.52. The Morgan fingerprint density at radius 3 is 2.13 bits per heavy atom. The van der Waals surface area contributed by atoms with Gasteiger partial charge in [0.15, 0.2) is 16.6 Å². The van der Waals surface area contributed by atoms with Crippen molar-refractivity contribution < 1.29 is 17.5 Å². The maximum atomic E-state index is 11.3. The highest BCUT2D eigenvalue weighted by Crippen LogP contribution is 2.37. The van der Waals surface area contributed by atoms with Crippen LogP contribution in [0.15, 0.2) is 30.3 Å². The number of aromatic nitrogens is 3. The predicted octanol–water partition coefficient (Wildman–Crippen LogP) is 7.26. The molecule has 2 unspecified atom stereocenters. The number of halogens is 1. The van der Waals surface area contributed by atoms with Crippen molar-refractivity contribution in [1.82, 2.24) is 15.0 Å². The molecule has 2 atom stereocenters. The van der Waals surface area contributed by atoms with Gasteiger partial charge in [-0.3, -0.25) is 0 Å². The number of fused-ring (bicyclic) bond motifs is 1. The largest absolute Gasteiger partial charge is 0.505 e. The summed E-state index contributed by atoms with van der Waals surface area (Å²) in [5.74, 6) is 0.187. The summed E-state index contributed by atoms with van der Waals surface area (Å²) in [5, 5.41) is 21.2. The molecule has 0 bridgehead atoms. The van der Waals surface area contributed by atoms with E-state index in [0.29, 0.717) is 16.2 Å². The number of benzene rings is 2. The van der Waals surface area contributed by atoms with Gasteiger partial charge >= 0.3 is 8.56 Å². The summed E-state index contributed by atoms with van der Waals surface area (Å²) in [6.45, 7) is 23.8. The number of aromatic hydroxyl groups is 1. The van der Waals surface area contributed by atoms with Gasteiger partial charge < -0.3 is 17.5 Å². The van der Waals surface area contributed by atoms with Crippen LogP contribution in [0, 0.1) is 0 Å². The fourth-order valence-electron chi connectivity index (χ4n) is 4.57. The van der Waals surface area contributed by atoms with Crippen molar-refractivity contribution in [3.05, 3.63) is 46.5 Å². The fourth-order valence-corrected chi connectivity index (χ4v) is 19.6. The van der Waals surface area contributed by atoms with Crippen LogP contribution < -0.4 is 0 Å². The Kier molecular flexibility index (Phi) is 9.26. The Balaban J connectivity index is 1.99. The molecule has 0 fully saturated rings. The third-order valence-corrected chi connectivity index (χ3v) is 18.9. The third-order valence-electron chi connectivity index (χ3n) is 5.84. The first-order chi connectivity index (χ1) is 17.2. The van der Waals surface area contributed by atoms with Crippen LogP contribution in [0.1, 0.15) is 31.9 Å². The summed E-state index contributed by atoms with van der Waals surface area (Å²) in [6, 6.07) is 10.3. The zero-order chi connectivity index (χ0) is 28.7. The Bertz CT molecular complexity index is 1280. The molecule has 0 aliphatic carbocycles. The van der Waals surface area contributed by atoms with Gasteiger partial charge in [0, 0.05) is 10.6 Å². The molecule has 12 heteroatoms. The van der Waals surface area contributed by atoms with Crippen LogP contribution in [-0.2, 0) is 24.2 Å². The minimum atomic E-state index is -2.53. The number of hydrogen-bond donors (Lipinski definition) is 1. The van der Waals surface area contributed by atoms with Gasteiger partial charge in [-0.15, -0.1) is 15.0 Å². The van der Waals surface area contributed by atoms with E-state index in [0.717, 1.165) is 29.1 Å². The molecule has 0 aliphatic rings. The van der Waals surface area contributed by atoms with Crippen molar-refractivity contribution in [3.8, 4) is 11.4 Å². The highest BCUT2D eigenvalue weighted by atomic mass is 35.5. The first-order valence-electron chi connectivity index (χ1n) is 13.2. The van der Waals surface area contributed by atoms with Crippen LogP contribution >= 0.6 is 11.6 Å². The standard InChI is InChI=1S/C26H44ClN3O4Si4/c1-26(2,3)21-16-19(14-15-38(11,34-37(8,9)10)33-35(4)32-36(5,6)7)17-24(25(21)31)30-28-22-13-12-20(27)18-23(22)29-30/h12-13,16-18,31,35H,14-15H2,1-11H3. The lowest BCUT2D eigenvalue weighted by atomic mass is 9.84. The molecule has 210 valence electrons. The monoisotopic (exact) mass is 609 g/mol. The van der Waals surface area contributed by atoms with Gasteiger partial charge in [-0.1, -0.05) is 38.4 Å². The highest BCUT2D eigenvalue weighted by molar-refractivity contribution is 6.85. The molecule has 38 heavy (non-hydrogen) atoms. The summed E-state index contributed by atoms with van der Waals surface area (Å²) < 4.78 is 19.8. The van der Waals surface area contributed by atoms with Crippen LogP contribution in [0.5, 0.6) is 5.75 Å². The molecule has 7 nitrogen and oxygen atoms in total. The average Bonchev–Trinajstić information content (AvgIpc) is 3.12. The Morgan fingerprint density at radius 1 is 0.921 bits per heavy atom. The molecule has 0 spiro atoms. The molecular formula is C26H44ClN3O4Si4. The van der Waals surface area contributed by atoms with Crippen molar-refractivity contribution in [2.75, 3.05) is 0 Å². The number of nitrogens with zero attached hydrogens (tertiary/aromatic N) is 3. The first-order valence-corrected chi connectivity index (χ1v) is 25.0. The second-order valence-electron chi connectivity index (χ2n) is 13.1. The lowest BCUT2D eigenvalue weighted by Gasteiger charge is -2.37. The van der Waals surface area contributed by atoms with Gasteiger partial charge in [0.05, 0.1) is 0 Å². The molecule has 0 saturated heterocycles. The first kappa shape index (κ1) is 31.2. The van der Waals surface area contributed by atoms with Crippen molar-refractivity contribution in [3.63, 3.8) is 0 Å². The van der Waals surface area contributed by atoms with Crippen molar-refractivity contribution in [1.29, 1.82) is 0 Å². The number of phenols is 1. The van der Waals surface area contributed by atoms with Crippen LogP contribution in [0.4, 0.5) is 0 Å². The van der Waals surface area contributed by atoms with Gasteiger partial charge in [-0.2, -0.15) is 0 Å². The highest BCUT2D eigenvalue weighted by Gasteiger charge is 2.39. The fraction of sp³-hybridized carbons (Fsp3) is 0.538. The summed E-state index contributed by atoms with van der Waals surface area (Å²) in [6.07, 6.45) is 0.754. The second-order valence-corrected chi connectivity index (χ2v) is 28.6. The lowest BCUT2D eigenvalue weighted by molar-refractivity contribution is 0.343. The minimum absolute atomic E-state index is 0.187. The van der Waals surface area contributed by atoms with Gasteiger partial charge in [-0.25, -0.2) is 0 Å². The van der Waals surface area contributed by atoms with Crippen molar-refractivity contribution in [2.24, 2.45) is 0 Å². The molecule has 0 aliphatic heterocycles. The maximum absolute atomic E-state index is 11.3. The normalized spacial score (nSPS) is 15.6. The van der Waals surface area contributed by atoms with Crippen LogP contribution in [-0.4, -0.2) is 54.6 Å². The zero-order valence-corrected chi connectivity index (χ0v) is 29.7. The van der Waals surface area contributed by atoms with E-state index in [1.165, 1.54) is 4.80 Å². The van der Waals surface area contributed by atoms with E-state index in [9.17, 15) is 5.11 Å². The number of rotatable bonds is 10. The van der Waals surface area contributed by atoms with E-state index in [1.807, 2.05) is 12.1 Å². The molecule has 0 amide bonds. The SMILES string of the molecule is C[SiH](O[Si](C)(C)C)O[Si](C)(CCc1cc(-n2nc3ccc(Cl)cc3n2)c(O)c(C(C)(C)C)c1)O[Si](C)(C)C. The molecule has 2 aromatic carbocycles. The molecule has 1 N–H and O–H groups in total. The van der Waals surface area contributed by atoms with E-state index < -0.39 is 34.5 Å². The van der Waals surface area contributed by atoms with Gasteiger partial charge in [-0.05, 0) is 100 Å². The smallest absolute Gasteiger partial charge is 0.316 e. The Labute approximate surface area is 237 Å². The quantitative estimate of drug-likeness (QED) is 0.244. The van der Waals surface area contributed by atoms with Gasteiger partial charge in [0.25, 0.3) is 9.28 Å². The molecule has 0 radical (unpaired) electrons. The molecule has 3 rings (SSSR count). The van der Waals surface area contributed by atoms with E-state index in [2.05, 4.69) is 89.4 Å². The number of phenolic OH excluding ortho intramolecular Hbond substituents is 1. The third kappa shape index (κ3) is 8.59. The summed E-state index contributed by atoms with van der Waals surface area (Å²) >= 11 is 6.17. The molecule has 1 aromatic heterocycles. The van der Waals surface area contributed by atoms with Gasteiger partial charge in [0.2, 0.25) is 0 Å². The second kappa shape index (κ2) is 11.3. The van der Waals surface area contributed by atoms with Crippen LogP contribution in [0.2, 0.25) is 63.4 Å². The summed E-state index contributed by atoms with van der Waals surface area (Å²) in [4.78, 5) is 1.51. The zero-order valence-electron chi connectivity index (χ0n) is 24.8.